The van der Waals surface area contributed by atoms with E-state index in [1.807, 2.05) is 18.2 Å². The van der Waals surface area contributed by atoms with Crippen LogP contribution in [0.1, 0.15) is 27.6 Å². The quantitative estimate of drug-likeness (QED) is 0.810. The molecular weight excluding hydrogens is 294 g/mol. The Labute approximate surface area is 113 Å². The van der Waals surface area contributed by atoms with Gasteiger partial charge in [0.1, 0.15) is 17.9 Å². The number of halogens is 1. The van der Waals surface area contributed by atoms with Gasteiger partial charge in [-0.15, -0.1) is 0 Å². The summed E-state index contributed by atoms with van der Waals surface area (Å²) < 4.78 is 6.01. The van der Waals surface area contributed by atoms with Gasteiger partial charge in [0.2, 0.25) is 0 Å². The summed E-state index contributed by atoms with van der Waals surface area (Å²) >= 11 is 3.32. The van der Waals surface area contributed by atoms with E-state index in [1.165, 1.54) is 6.26 Å². The highest BCUT2D eigenvalue weighted by molar-refractivity contribution is 9.10. The van der Waals surface area contributed by atoms with Gasteiger partial charge in [-0.3, -0.25) is 4.79 Å². The van der Waals surface area contributed by atoms with Gasteiger partial charge in [-0.1, -0.05) is 28.1 Å². The highest BCUT2D eigenvalue weighted by Gasteiger charge is 2.22. The number of hydrogen-bond donors (Lipinski definition) is 0. The fourth-order valence-electron chi connectivity index (χ4n) is 1.68. The largest absolute Gasteiger partial charge is 0.469 e. The minimum Gasteiger partial charge on any atom is -0.469 e. The number of ketones is 1. The SMILES string of the molecule is Cc1cc(C(=O)C(C#N)c2ccc(Br)cc2)co1. The van der Waals surface area contributed by atoms with Crippen LogP contribution in [0.15, 0.2) is 45.5 Å². The highest BCUT2D eigenvalue weighted by Crippen LogP contribution is 2.23. The second kappa shape index (κ2) is 5.19. The molecule has 0 saturated carbocycles. The highest BCUT2D eigenvalue weighted by atomic mass is 79.9. The molecule has 90 valence electrons. The predicted molar refractivity (Wildman–Crippen MR) is 70.3 cm³/mol. The van der Waals surface area contributed by atoms with E-state index in [9.17, 15) is 10.1 Å². The van der Waals surface area contributed by atoms with Crippen molar-refractivity contribution < 1.29 is 9.21 Å². The minimum absolute atomic E-state index is 0.239. The van der Waals surface area contributed by atoms with Crippen LogP contribution in [0.3, 0.4) is 0 Å². The Balaban J connectivity index is 2.32. The van der Waals surface area contributed by atoms with E-state index < -0.39 is 5.92 Å². The number of Topliss-reactive ketones (excluding diaryl/α,β-unsaturated/α-hetero) is 1. The minimum atomic E-state index is -0.796. The molecule has 0 aliphatic carbocycles. The van der Waals surface area contributed by atoms with E-state index >= 15 is 0 Å². The molecule has 0 bridgehead atoms. The fourth-order valence-corrected chi connectivity index (χ4v) is 1.94. The molecule has 0 aliphatic heterocycles. The first-order chi connectivity index (χ1) is 8.61. The van der Waals surface area contributed by atoms with Crippen molar-refractivity contribution in [1.82, 2.24) is 0 Å². The summed E-state index contributed by atoms with van der Waals surface area (Å²) in [6.45, 7) is 1.76. The van der Waals surface area contributed by atoms with Crippen LogP contribution in [0, 0.1) is 18.3 Å². The molecule has 1 unspecified atom stereocenters. The van der Waals surface area contributed by atoms with E-state index in [1.54, 1.807) is 25.1 Å². The molecule has 1 aromatic carbocycles. The second-order valence-corrected chi connectivity index (χ2v) is 4.84. The topological polar surface area (TPSA) is 54.0 Å². The van der Waals surface area contributed by atoms with E-state index in [-0.39, 0.29) is 5.78 Å². The Hall–Kier alpha value is -1.86. The molecule has 1 heterocycles. The Bertz CT molecular complexity index is 607. The van der Waals surface area contributed by atoms with Crippen molar-refractivity contribution in [2.75, 3.05) is 0 Å². The van der Waals surface area contributed by atoms with Crippen LogP contribution >= 0.6 is 15.9 Å². The van der Waals surface area contributed by atoms with Gasteiger partial charge >= 0.3 is 0 Å². The molecule has 3 nitrogen and oxygen atoms in total. The summed E-state index contributed by atoms with van der Waals surface area (Å²) in [6.07, 6.45) is 1.39. The molecule has 0 saturated heterocycles. The number of rotatable bonds is 3. The lowest BCUT2D eigenvalue weighted by Crippen LogP contribution is -2.10. The summed E-state index contributed by atoms with van der Waals surface area (Å²) in [7, 11) is 0. The predicted octanol–water partition coefficient (Wildman–Crippen LogP) is 3.84. The molecule has 1 aromatic heterocycles. The van der Waals surface area contributed by atoms with Gasteiger partial charge in [0.15, 0.2) is 5.78 Å². The number of furan rings is 1. The lowest BCUT2D eigenvalue weighted by molar-refractivity contribution is 0.0978. The summed E-state index contributed by atoms with van der Waals surface area (Å²) in [4.78, 5) is 12.2. The zero-order valence-corrected chi connectivity index (χ0v) is 11.3. The lowest BCUT2D eigenvalue weighted by Gasteiger charge is -2.06. The number of benzene rings is 1. The van der Waals surface area contributed by atoms with Gasteiger partial charge in [0, 0.05) is 4.47 Å². The first-order valence-corrected chi connectivity index (χ1v) is 6.15. The average molecular weight is 304 g/mol. The van der Waals surface area contributed by atoms with E-state index in [2.05, 4.69) is 15.9 Å². The van der Waals surface area contributed by atoms with Crippen molar-refractivity contribution in [3.63, 3.8) is 0 Å². The lowest BCUT2D eigenvalue weighted by atomic mass is 9.93. The van der Waals surface area contributed by atoms with Crippen LogP contribution in [0.5, 0.6) is 0 Å². The normalized spacial score (nSPS) is 11.8. The van der Waals surface area contributed by atoms with Crippen LogP contribution in [0.2, 0.25) is 0 Å². The molecule has 2 rings (SSSR count). The molecule has 0 spiro atoms. The van der Waals surface area contributed by atoms with Crippen LogP contribution in [-0.4, -0.2) is 5.78 Å². The van der Waals surface area contributed by atoms with Gasteiger partial charge in [0.25, 0.3) is 0 Å². The Morgan fingerprint density at radius 1 is 1.39 bits per heavy atom. The number of hydrogen-bond acceptors (Lipinski definition) is 3. The van der Waals surface area contributed by atoms with Crippen LogP contribution in [0.4, 0.5) is 0 Å². The first kappa shape index (κ1) is 12.6. The van der Waals surface area contributed by atoms with Crippen molar-refractivity contribution in [2.45, 2.75) is 12.8 Å². The summed E-state index contributed by atoms with van der Waals surface area (Å²) in [6, 6.07) is 10.8. The molecule has 0 N–H and O–H groups in total. The number of carbonyl (C=O) groups is 1. The number of aryl methyl sites for hydroxylation is 1. The Morgan fingerprint density at radius 2 is 2.06 bits per heavy atom. The number of nitrogens with zero attached hydrogens (tertiary/aromatic N) is 1. The van der Waals surface area contributed by atoms with Gasteiger partial charge in [-0.2, -0.15) is 5.26 Å². The van der Waals surface area contributed by atoms with E-state index in [4.69, 9.17) is 4.42 Å². The first-order valence-electron chi connectivity index (χ1n) is 5.36. The van der Waals surface area contributed by atoms with Gasteiger partial charge in [-0.05, 0) is 30.7 Å². The average Bonchev–Trinajstić information content (AvgIpc) is 2.79. The maximum atomic E-state index is 12.2. The summed E-state index contributed by atoms with van der Waals surface area (Å²) in [5.41, 5.74) is 1.12. The third-order valence-electron chi connectivity index (χ3n) is 2.61. The van der Waals surface area contributed by atoms with Crippen molar-refractivity contribution in [2.24, 2.45) is 0 Å². The molecule has 0 radical (unpaired) electrons. The maximum Gasteiger partial charge on any atom is 0.187 e. The Kier molecular flexibility index (Phi) is 3.63. The number of carbonyl (C=O) groups excluding carboxylic acids is 1. The van der Waals surface area contributed by atoms with Crippen LogP contribution in [0.25, 0.3) is 0 Å². The van der Waals surface area contributed by atoms with Gasteiger partial charge in [0.05, 0.1) is 11.6 Å². The van der Waals surface area contributed by atoms with E-state index in [0.29, 0.717) is 16.9 Å². The second-order valence-electron chi connectivity index (χ2n) is 3.92. The molecule has 1 atom stereocenters. The molecule has 0 aliphatic rings. The Morgan fingerprint density at radius 3 is 2.56 bits per heavy atom. The molecule has 0 fully saturated rings. The summed E-state index contributed by atoms with van der Waals surface area (Å²) in [5, 5.41) is 9.17. The zero-order chi connectivity index (χ0) is 13.1. The van der Waals surface area contributed by atoms with Crippen molar-refractivity contribution >= 4 is 21.7 Å². The third kappa shape index (κ3) is 2.52. The molecule has 2 aromatic rings. The fraction of sp³-hybridized carbons (Fsp3) is 0.143. The summed E-state index contributed by atoms with van der Waals surface area (Å²) in [5.74, 6) is -0.377. The molecule has 4 heteroatoms. The van der Waals surface area contributed by atoms with Gasteiger partial charge < -0.3 is 4.42 Å². The monoisotopic (exact) mass is 303 g/mol. The maximum absolute atomic E-state index is 12.2. The van der Waals surface area contributed by atoms with Crippen molar-refractivity contribution in [1.29, 1.82) is 5.26 Å². The van der Waals surface area contributed by atoms with E-state index in [0.717, 1.165) is 4.47 Å². The molecule has 0 amide bonds. The van der Waals surface area contributed by atoms with Crippen LogP contribution in [-0.2, 0) is 0 Å². The van der Waals surface area contributed by atoms with Crippen molar-refractivity contribution in [3.8, 4) is 6.07 Å². The van der Waals surface area contributed by atoms with Crippen molar-refractivity contribution in [3.05, 3.63) is 58.0 Å². The smallest absolute Gasteiger partial charge is 0.187 e. The van der Waals surface area contributed by atoms with Crippen LogP contribution < -0.4 is 0 Å². The standard InChI is InChI=1S/C14H10BrNO2/c1-9-6-11(8-18-9)14(17)13(7-16)10-2-4-12(15)5-3-10/h2-6,8,13H,1H3. The third-order valence-corrected chi connectivity index (χ3v) is 3.14. The number of nitriles is 1. The van der Waals surface area contributed by atoms with Gasteiger partial charge in [-0.25, -0.2) is 0 Å². The molecular formula is C14H10BrNO2. The zero-order valence-electron chi connectivity index (χ0n) is 9.68. The molecule has 18 heavy (non-hydrogen) atoms.